The topological polar surface area (TPSA) is 66.9 Å². The van der Waals surface area contributed by atoms with Gasteiger partial charge in [0.15, 0.2) is 0 Å². The van der Waals surface area contributed by atoms with Gasteiger partial charge in [0.1, 0.15) is 11.5 Å². The Labute approximate surface area is 157 Å². The Hall–Kier alpha value is -3.28. The van der Waals surface area contributed by atoms with E-state index in [-0.39, 0.29) is 11.7 Å². The van der Waals surface area contributed by atoms with E-state index in [4.69, 9.17) is 0 Å². The highest BCUT2D eigenvalue weighted by molar-refractivity contribution is 5.92. The van der Waals surface area contributed by atoms with Gasteiger partial charge in [-0.1, -0.05) is 36.4 Å². The summed E-state index contributed by atoms with van der Waals surface area (Å²) >= 11 is 0. The third-order valence-electron chi connectivity index (χ3n) is 4.20. The smallest absolute Gasteiger partial charge is 0.270 e. The van der Waals surface area contributed by atoms with Gasteiger partial charge in [-0.2, -0.15) is 0 Å². The molecule has 0 saturated heterocycles. The monoisotopic (exact) mass is 364 g/mol. The Kier molecular flexibility index (Phi) is 6.10. The first-order valence-corrected chi connectivity index (χ1v) is 8.76. The average molecular weight is 364 g/mol. The van der Waals surface area contributed by atoms with E-state index in [0.717, 1.165) is 16.7 Å². The molecule has 0 fully saturated rings. The molecule has 0 radical (unpaired) electrons. The largest absolute Gasteiger partial charge is 0.354 e. The van der Waals surface area contributed by atoms with E-state index in [1.807, 2.05) is 31.2 Å². The van der Waals surface area contributed by atoms with Crippen LogP contribution in [0, 0.1) is 12.7 Å². The molecule has 3 aromatic rings. The number of aromatic nitrogens is 2. The first kappa shape index (κ1) is 18.5. The maximum absolute atomic E-state index is 12.9. The van der Waals surface area contributed by atoms with Gasteiger partial charge in [-0.15, -0.1) is 0 Å². The number of amides is 1. The number of halogens is 1. The minimum Gasteiger partial charge on any atom is -0.354 e. The van der Waals surface area contributed by atoms with Crippen LogP contribution < -0.4 is 10.6 Å². The third kappa shape index (κ3) is 5.34. The van der Waals surface area contributed by atoms with E-state index in [0.29, 0.717) is 31.2 Å². The summed E-state index contributed by atoms with van der Waals surface area (Å²) in [5.41, 5.74) is 3.51. The molecule has 0 aliphatic carbocycles. The summed E-state index contributed by atoms with van der Waals surface area (Å²) in [5.74, 6) is -0.109. The maximum atomic E-state index is 12.9. The van der Waals surface area contributed by atoms with Crippen LogP contribution in [0.15, 0.2) is 60.8 Å². The fourth-order valence-electron chi connectivity index (χ4n) is 2.61. The van der Waals surface area contributed by atoms with Crippen molar-refractivity contribution in [2.45, 2.75) is 19.9 Å². The van der Waals surface area contributed by atoms with Crippen molar-refractivity contribution < 1.29 is 9.18 Å². The number of carbonyl (C=O) groups excluding carboxylic acids is 1. The Morgan fingerprint density at radius 1 is 1.07 bits per heavy atom. The molecule has 0 spiro atoms. The van der Waals surface area contributed by atoms with Crippen molar-refractivity contribution >= 4 is 11.9 Å². The van der Waals surface area contributed by atoms with Gasteiger partial charge in [-0.3, -0.25) is 4.79 Å². The molecule has 3 rings (SSSR count). The van der Waals surface area contributed by atoms with Crippen molar-refractivity contribution in [1.29, 1.82) is 0 Å². The molecule has 0 aliphatic heterocycles. The number of nitrogens with one attached hydrogen (secondary N) is 2. The number of carbonyl (C=O) groups is 1. The number of benzene rings is 2. The highest BCUT2D eigenvalue weighted by atomic mass is 19.1. The lowest BCUT2D eigenvalue weighted by Crippen LogP contribution is -2.24. The van der Waals surface area contributed by atoms with Crippen molar-refractivity contribution in [1.82, 2.24) is 15.3 Å². The second-order valence-electron chi connectivity index (χ2n) is 6.18. The zero-order valence-corrected chi connectivity index (χ0v) is 15.1. The Morgan fingerprint density at radius 2 is 1.85 bits per heavy atom. The van der Waals surface area contributed by atoms with Gasteiger partial charge in [0.2, 0.25) is 5.95 Å². The predicted octanol–water partition coefficient (Wildman–Crippen LogP) is 3.51. The van der Waals surface area contributed by atoms with Crippen molar-refractivity contribution in [3.05, 3.63) is 89.0 Å². The molecule has 0 saturated carbocycles. The number of aryl methyl sites for hydroxylation is 1. The van der Waals surface area contributed by atoms with E-state index in [2.05, 4.69) is 20.6 Å². The highest BCUT2D eigenvalue weighted by Crippen LogP contribution is 2.08. The van der Waals surface area contributed by atoms with Crippen molar-refractivity contribution in [3.8, 4) is 0 Å². The first-order chi connectivity index (χ1) is 13.1. The van der Waals surface area contributed by atoms with Crippen LogP contribution in [0.5, 0.6) is 0 Å². The lowest BCUT2D eigenvalue weighted by molar-refractivity contribution is 0.0946. The zero-order valence-electron chi connectivity index (χ0n) is 15.1. The van der Waals surface area contributed by atoms with Gasteiger partial charge in [0.25, 0.3) is 5.91 Å². The average Bonchev–Trinajstić information content (AvgIpc) is 2.69. The van der Waals surface area contributed by atoms with Crippen LogP contribution in [-0.4, -0.2) is 22.4 Å². The fraction of sp³-hybridized carbons (Fsp3) is 0.190. The van der Waals surface area contributed by atoms with Crippen LogP contribution in [0.1, 0.15) is 27.2 Å². The molecule has 0 aliphatic rings. The van der Waals surface area contributed by atoms with Crippen molar-refractivity contribution in [2.75, 3.05) is 11.9 Å². The number of hydrogen-bond acceptors (Lipinski definition) is 4. The van der Waals surface area contributed by atoms with Crippen LogP contribution in [0.2, 0.25) is 0 Å². The standard InChI is InChI=1S/C21H21FN4O/c1-15-4-2-3-5-17(15)14-25-20(27)19-11-13-24-21(26-19)23-12-10-16-6-8-18(22)9-7-16/h2-9,11,13H,10,12,14H2,1H3,(H,25,27)(H,23,24,26). The number of rotatable bonds is 7. The minimum absolute atomic E-state index is 0.248. The summed E-state index contributed by atoms with van der Waals surface area (Å²) in [6.45, 7) is 3.04. The first-order valence-electron chi connectivity index (χ1n) is 8.76. The fourth-order valence-corrected chi connectivity index (χ4v) is 2.61. The Balaban J connectivity index is 1.53. The lowest BCUT2D eigenvalue weighted by atomic mass is 10.1. The van der Waals surface area contributed by atoms with Crippen LogP contribution in [-0.2, 0) is 13.0 Å². The summed E-state index contributed by atoms with van der Waals surface area (Å²) in [6.07, 6.45) is 2.25. The Bertz CT molecular complexity index is 912. The number of hydrogen-bond donors (Lipinski definition) is 2. The maximum Gasteiger partial charge on any atom is 0.270 e. The molecule has 6 heteroatoms. The molecule has 0 unspecified atom stereocenters. The van der Waals surface area contributed by atoms with Crippen LogP contribution >= 0.6 is 0 Å². The normalized spacial score (nSPS) is 10.4. The molecule has 0 atom stereocenters. The molecule has 5 nitrogen and oxygen atoms in total. The molecular weight excluding hydrogens is 343 g/mol. The molecule has 1 heterocycles. The van der Waals surface area contributed by atoms with E-state index in [1.165, 1.54) is 12.1 Å². The molecule has 0 bridgehead atoms. The molecular formula is C21H21FN4O. The Morgan fingerprint density at radius 3 is 2.63 bits per heavy atom. The van der Waals surface area contributed by atoms with Crippen LogP contribution in [0.4, 0.5) is 10.3 Å². The molecule has 1 amide bonds. The summed E-state index contributed by atoms with van der Waals surface area (Å²) in [7, 11) is 0. The minimum atomic E-state index is -0.251. The van der Waals surface area contributed by atoms with Gasteiger partial charge in [-0.05, 0) is 48.2 Å². The number of nitrogens with zero attached hydrogens (tertiary/aromatic N) is 2. The quantitative estimate of drug-likeness (QED) is 0.673. The summed E-state index contributed by atoms with van der Waals surface area (Å²) in [5, 5.41) is 5.97. The summed E-state index contributed by atoms with van der Waals surface area (Å²) in [6, 6.07) is 15.8. The van der Waals surface area contributed by atoms with E-state index >= 15 is 0 Å². The van der Waals surface area contributed by atoms with Gasteiger partial charge in [0, 0.05) is 19.3 Å². The molecule has 27 heavy (non-hydrogen) atoms. The van der Waals surface area contributed by atoms with Crippen molar-refractivity contribution in [2.24, 2.45) is 0 Å². The molecule has 1 aromatic heterocycles. The van der Waals surface area contributed by atoms with Crippen LogP contribution in [0.3, 0.4) is 0 Å². The SMILES string of the molecule is Cc1ccccc1CNC(=O)c1ccnc(NCCc2ccc(F)cc2)n1. The highest BCUT2D eigenvalue weighted by Gasteiger charge is 2.09. The second kappa shape index (κ2) is 8.89. The molecule has 138 valence electrons. The van der Waals surface area contributed by atoms with E-state index in [1.54, 1.807) is 24.4 Å². The lowest BCUT2D eigenvalue weighted by Gasteiger charge is -2.09. The zero-order chi connectivity index (χ0) is 19.1. The van der Waals surface area contributed by atoms with E-state index in [9.17, 15) is 9.18 Å². The van der Waals surface area contributed by atoms with Gasteiger partial charge in [0.05, 0.1) is 0 Å². The third-order valence-corrected chi connectivity index (χ3v) is 4.20. The second-order valence-corrected chi connectivity index (χ2v) is 6.18. The van der Waals surface area contributed by atoms with Gasteiger partial charge >= 0.3 is 0 Å². The van der Waals surface area contributed by atoms with Crippen molar-refractivity contribution in [3.63, 3.8) is 0 Å². The van der Waals surface area contributed by atoms with Gasteiger partial charge < -0.3 is 10.6 Å². The molecule has 2 N–H and O–H groups in total. The molecule has 2 aromatic carbocycles. The summed E-state index contributed by atoms with van der Waals surface area (Å²) in [4.78, 5) is 20.7. The van der Waals surface area contributed by atoms with E-state index < -0.39 is 0 Å². The van der Waals surface area contributed by atoms with Gasteiger partial charge in [-0.25, -0.2) is 14.4 Å². The number of anilines is 1. The predicted molar refractivity (Wildman–Crippen MR) is 103 cm³/mol. The van der Waals surface area contributed by atoms with Crippen LogP contribution in [0.25, 0.3) is 0 Å². The summed E-state index contributed by atoms with van der Waals surface area (Å²) < 4.78 is 12.9.